The Morgan fingerprint density at radius 3 is 2.68 bits per heavy atom. The third-order valence-electron chi connectivity index (χ3n) is 4.10. The van der Waals surface area contributed by atoms with E-state index < -0.39 is 11.4 Å². The lowest BCUT2D eigenvalue weighted by Gasteiger charge is -2.13. The van der Waals surface area contributed by atoms with E-state index >= 15 is 0 Å². The maximum Gasteiger partial charge on any atom is 0.266 e. The van der Waals surface area contributed by atoms with Crippen LogP contribution in [-0.4, -0.2) is 14.5 Å². The highest BCUT2D eigenvalue weighted by atomic mass is 79.9. The molecule has 0 aliphatic heterocycles. The zero-order chi connectivity index (χ0) is 19.7. The van der Waals surface area contributed by atoms with Crippen LogP contribution in [0.2, 0.25) is 5.02 Å². The number of hydrogen-bond acceptors (Lipinski definition) is 3. The van der Waals surface area contributed by atoms with E-state index in [-0.39, 0.29) is 5.39 Å². The number of nitrogens with zero attached hydrogens (tertiary/aromatic N) is 3. The lowest BCUT2D eigenvalue weighted by Crippen LogP contribution is -2.22. The van der Waals surface area contributed by atoms with Crippen molar-refractivity contribution in [3.05, 3.63) is 98.0 Å². The van der Waals surface area contributed by atoms with Gasteiger partial charge in [0.2, 0.25) is 0 Å². The molecular weight excluding hydrogens is 445 g/mol. The van der Waals surface area contributed by atoms with E-state index in [4.69, 9.17) is 11.6 Å². The summed E-state index contributed by atoms with van der Waals surface area (Å²) in [6.45, 7) is 0. The van der Waals surface area contributed by atoms with Crippen LogP contribution in [0, 0.1) is 5.82 Å². The van der Waals surface area contributed by atoms with E-state index in [1.54, 1.807) is 36.5 Å². The molecule has 4 aromatic rings. The summed E-state index contributed by atoms with van der Waals surface area (Å²) in [5.74, 6) is -0.143. The lowest BCUT2D eigenvalue weighted by atomic mass is 10.2. The molecule has 0 bridgehead atoms. The Labute approximate surface area is 173 Å². The van der Waals surface area contributed by atoms with Crippen molar-refractivity contribution in [1.29, 1.82) is 0 Å². The summed E-state index contributed by atoms with van der Waals surface area (Å²) in [7, 11) is 0. The van der Waals surface area contributed by atoms with Crippen molar-refractivity contribution in [1.82, 2.24) is 14.5 Å². The molecule has 7 heteroatoms. The second-order valence-corrected chi connectivity index (χ2v) is 7.28. The first kappa shape index (κ1) is 18.5. The van der Waals surface area contributed by atoms with E-state index in [0.29, 0.717) is 27.7 Å². The summed E-state index contributed by atoms with van der Waals surface area (Å²) in [4.78, 5) is 22.0. The van der Waals surface area contributed by atoms with E-state index in [0.717, 1.165) is 4.47 Å². The fraction of sp³-hybridized carbons (Fsp3) is 0. The predicted octanol–water partition coefficient (Wildman–Crippen LogP) is 5.51. The third-order valence-corrected chi connectivity index (χ3v) is 4.89. The summed E-state index contributed by atoms with van der Waals surface area (Å²) in [6.07, 6.45) is 5.11. The highest BCUT2D eigenvalue weighted by Crippen LogP contribution is 2.26. The monoisotopic (exact) mass is 455 g/mol. The zero-order valence-corrected chi connectivity index (χ0v) is 16.7. The minimum Gasteiger partial charge on any atom is -0.268 e. The number of rotatable bonds is 3. The molecule has 0 aliphatic carbocycles. The van der Waals surface area contributed by atoms with Crippen LogP contribution in [0.3, 0.4) is 0 Å². The molecule has 2 heterocycles. The van der Waals surface area contributed by atoms with Crippen molar-refractivity contribution in [3.8, 4) is 5.69 Å². The predicted molar refractivity (Wildman–Crippen MR) is 113 cm³/mol. The van der Waals surface area contributed by atoms with Crippen LogP contribution in [0.4, 0.5) is 4.39 Å². The molecule has 0 spiro atoms. The average molecular weight is 457 g/mol. The van der Waals surface area contributed by atoms with Gasteiger partial charge >= 0.3 is 0 Å². The van der Waals surface area contributed by atoms with Gasteiger partial charge in [-0.25, -0.2) is 9.37 Å². The second kappa shape index (κ2) is 7.66. The topological polar surface area (TPSA) is 47.8 Å². The molecule has 0 N–H and O–H groups in total. The first-order chi connectivity index (χ1) is 13.5. The summed E-state index contributed by atoms with van der Waals surface area (Å²) >= 11 is 9.74. The Kier molecular flexibility index (Phi) is 5.07. The van der Waals surface area contributed by atoms with Gasteiger partial charge in [0.1, 0.15) is 11.6 Å². The molecule has 138 valence electrons. The van der Waals surface area contributed by atoms with Gasteiger partial charge in [0, 0.05) is 10.7 Å². The Bertz CT molecular complexity index is 1270. The Balaban J connectivity index is 2.00. The first-order valence-electron chi connectivity index (χ1n) is 8.30. The zero-order valence-electron chi connectivity index (χ0n) is 14.3. The minimum atomic E-state index is -0.503. The summed E-state index contributed by atoms with van der Waals surface area (Å²) in [5.41, 5.74) is 1.16. The van der Waals surface area contributed by atoms with E-state index in [2.05, 4.69) is 25.9 Å². The Morgan fingerprint density at radius 2 is 1.93 bits per heavy atom. The summed E-state index contributed by atoms with van der Waals surface area (Å²) in [5, 5.41) is 0.537. The molecule has 0 saturated carbocycles. The van der Waals surface area contributed by atoms with Crippen LogP contribution < -0.4 is 5.56 Å². The van der Waals surface area contributed by atoms with Crippen LogP contribution in [0.15, 0.2) is 70.1 Å². The second-order valence-electron chi connectivity index (χ2n) is 5.96. The first-order valence-corrected chi connectivity index (χ1v) is 9.47. The molecule has 0 saturated heterocycles. The molecule has 0 unspecified atom stereocenters. The van der Waals surface area contributed by atoms with E-state index in [1.807, 2.05) is 18.2 Å². The quantitative estimate of drug-likeness (QED) is 0.409. The molecule has 0 atom stereocenters. The Hall–Kier alpha value is -2.83. The van der Waals surface area contributed by atoms with Gasteiger partial charge in [0.05, 0.1) is 27.3 Å². The number of pyridine rings is 1. The number of benzene rings is 2. The molecule has 0 amide bonds. The molecule has 4 rings (SSSR count). The fourth-order valence-electron chi connectivity index (χ4n) is 2.82. The lowest BCUT2D eigenvalue weighted by molar-refractivity contribution is 0.629. The van der Waals surface area contributed by atoms with E-state index in [1.165, 1.54) is 22.8 Å². The maximum atomic E-state index is 13.7. The van der Waals surface area contributed by atoms with Crippen molar-refractivity contribution in [2.75, 3.05) is 0 Å². The van der Waals surface area contributed by atoms with Gasteiger partial charge in [0.15, 0.2) is 0 Å². The van der Waals surface area contributed by atoms with E-state index in [9.17, 15) is 9.18 Å². The standard InChI is InChI=1S/C21H12BrClFN3O/c22-13-4-8-19(17(23)11-13)27-20(9-6-15-3-1-2-10-25-15)26-18-7-5-14(24)12-16(18)21(27)28/h1-12H/b9-6+. The van der Waals surface area contributed by atoms with Gasteiger partial charge < -0.3 is 0 Å². The van der Waals surface area contributed by atoms with Crippen LogP contribution in [0.5, 0.6) is 0 Å². The van der Waals surface area contributed by atoms with Crippen molar-refractivity contribution >= 4 is 50.6 Å². The Morgan fingerprint density at radius 1 is 1.07 bits per heavy atom. The van der Waals surface area contributed by atoms with Crippen molar-refractivity contribution in [2.24, 2.45) is 0 Å². The van der Waals surface area contributed by atoms with Crippen LogP contribution in [-0.2, 0) is 0 Å². The van der Waals surface area contributed by atoms with Crippen molar-refractivity contribution < 1.29 is 4.39 Å². The van der Waals surface area contributed by atoms with Crippen molar-refractivity contribution in [2.45, 2.75) is 0 Å². The minimum absolute atomic E-state index is 0.175. The van der Waals surface area contributed by atoms with Crippen molar-refractivity contribution in [3.63, 3.8) is 0 Å². The van der Waals surface area contributed by atoms with Gasteiger partial charge in [-0.15, -0.1) is 0 Å². The van der Waals surface area contributed by atoms with Crippen LogP contribution >= 0.6 is 27.5 Å². The van der Waals surface area contributed by atoms with Gasteiger partial charge in [-0.3, -0.25) is 14.3 Å². The number of hydrogen-bond donors (Lipinski definition) is 0. The molecule has 2 aromatic carbocycles. The molecule has 4 nitrogen and oxygen atoms in total. The summed E-state index contributed by atoms with van der Waals surface area (Å²) in [6, 6.07) is 14.6. The molecule has 0 radical (unpaired) electrons. The van der Waals surface area contributed by atoms with Crippen LogP contribution in [0.25, 0.3) is 28.7 Å². The number of aromatic nitrogens is 3. The molecular formula is C21H12BrClFN3O. The summed E-state index contributed by atoms with van der Waals surface area (Å²) < 4.78 is 15.9. The smallest absolute Gasteiger partial charge is 0.266 e. The number of halogens is 3. The van der Waals surface area contributed by atoms with Crippen LogP contribution in [0.1, 0.15) is 11.5 Å². The molecule has 2 aromatic heterocycles. The average Bonchev–Trinajstić information content (AvgIpc) is 2.69. The maximum absolute atomic E-state index is 13.7. The number of fused-ring (bicyclic) bond motifs is 1. The van der Waals surface area contributed by atoms with Gasteiger partial charge in [-0.1, -0.05) is 33.6 Å². The van der Waals surface area contributed by atoms with Gasteiger partial charge in [0.25, 0.3) is 5.56 Å². The van der Waals surface area contributed by atoms with Gasteiger partial charge in [-0.2, -0.15) is 0 Å². The highest BCUT2D eigenvalue weighted by molar-refractivity contribution is 9.10. The fourth-order valence-corrected chi connectivity index (χ4v) is 3.57. The highest BCUT2D eigenvalue weighted by Gasteiger charge is 2.14. The molecule has 28 heavy (non-hydrogen) atoms. The molecule has 0 fully saturated rings. The normalized spacial score (nSPS) is 11.4. The SMILES string of the molecule is O=c1c2cc(F)ccc2nc(/C=C/c2ccccn2)n1-c1ccc(Br)cc1Cl. The molecule has 0 aliphatic rings. The van der Waals surface area contributed by atoms with Gasteiger partial charge in [-0.05, 0) is 60.7 Å². The largest absolute Gasteiger partial charge is 0.268 e. The third kappa shape index (κ3) is 3.61.